The Labute approximate surface area is 83.2 Å². The van der Waals surface area contributed by atoms with Gasteiger partial charge in [-0.3, -0.25) is 4.98 Å². The largest absolute Gasteiger partial charge is 0.396 e. The van der Waals surface area contributed by atoms with Crippen LogP contribution in [-0.4, -0.2) is 35.0 Å². The molecule has 0 bridgehead atoms. The molecule has 1 aromatic heterocycles. The maximum Gasteiger partial charge on any atom is 0.0888 e. The Bertz CT molecular complexity index is 236. The van der Waals surface area contributed by atoms with E-state index in [0.29, 0.717) is 13.2 Å². The number of pyridine rings is 1. The summed E-state index contributed by atoms with van der Waals surface area (Å²) in [6.45, 7) is 0.651. The highest BCUT2D eigenvalue weighted by molar-refractivity contribution is 5.01. The summed E-state index contributed by atoms with van der Waals surface area (Å²) in [5.74, 6) is -0.196. The highest BCUT2D eigenvalue weighted by Crippen LogP contribution is 1.99. The van der Waals surface area contributed by atoms with Gasteiger partial charge in [0.15, 0.2) is 0 Å². The smallest absolute Gasteiger partial charge is 0.0888 e. The van der Waals surface area contributed by atoms with E-state index >= 15 is 0 Å². The first kappa shape index (κ1) is 11.1. The molecule has 0 unspecified atom stereocenters. The van der Waals surface area contributed by atoms with E-state index < -0.39 is 0 Å². The van der Waals surface area contributed by atoms with Crippen LogP contribution in [-0.2, 0) is 11.3 Å². The van der Waals surface area contributed by atoms with Gasteiger partial charge in [-0.15, -0.1) is 0 Å². The first-order chi connectivity index (χ1) is 6.86. The van der Waals surface area contributed by atoms with Crippen LogP contribution in [0.3, 0.4) is 0 Å². The lowest BCUT2D eigenvalue weighted by Gasteiger charge is -2.10. The summed E-state index contributed by atoms with van der Waals surface area (Å²) in [4.78, 5) is 4.08. The number of aromatic nitrogens is 1. The van der Waals surface area contributed by atoms with E-state index in [1.807, 2.05) is 18.2 Å². The molecule has 4 heteroatoms. The molecular weight excluding hydrogens is 182 g/mol. The molecule has 0 atom stereocenters. The van der Waals surface area contributed by atoms with Crippen LogP contribution in [0.5, 0.6) is 0 Å². The second-order valence-corrected chi connectivity index (χ2v) is 3.07. The van der Waals surface area contributed by atoms with E-state index in [1.54, 1.807) is 6.20 Å². The molecule has 4 nitrogen and oxygen atoms in total. The zero-order valence-electron chi connectivity index (χ0n) is 7.97. The molecule has 0 aliphatic rings. The molecule has 0 aliphatic carbocycles. The number of hydrogen-bond donors (Lipinski definition) is 2. The summed E-state index contributed by atoms with van der Waals surface area (Å²) in [5.41, 5.74) is 0.849. The Morgan fingerprint density at radius 3 is 2.64 bits per heavy atom. The van der Waals surface area contributed by atoms with Gasteiger partial charge in [-0.05, 0) is 12.1 Å². The Hall–Kier alpha value is -0.970. The van der Waals surface area contributed by atoms with E-state index in [-0.39, 0.29) is 19.1 Å². The lowest BCUT2D eigenvalue weighted by molar-refractivity contribution is 0.0360. The Morgan fingerprint density at radius 2 is 2.07 bits per heavy atom. The third-order valence-electron chi connectivity index (χ3n) is 1.85. The van der Waals surface area contributed by atoms with Crippen molar-refractivity contribution < 1.29 is 14.9 Å². The molecule has 2 N–H and O–H groups in total. The predicted octanol–water partition coefficient (Wildman–Crippen LogP) is 0.199. The van der Waals surface area contributed by atoms with Gasteiger partial charge in [0, 0.05) is 12.1 Å². The number of rotatable bonds is 6. The molecule has 1 heterocycles. The minimum atomic E-state index is -0.196. The van der Waals surface area contributed by atoms with Gasteiger partial charge < -0.3 is 14.9 Å². The van der Waals surface area contributed by atoms with Crippen molar-refractivity contribution in [2.45, 2.75) is 6.61 Å². The molecule has 14 heavy (non-hydrogen) atoms. The minimum Gasteiger partial charge on any atom is -0.396 e. The fourth-order valence-electron chi connectivity index (χ4n) is 0.977. The van der Waals surface area contributed by atoms with Crippen molar-refractivity contribution in [1.29, 1.82) is 0 Å². The van der Waals surface area contributed by atoms with Gasteiger partial charge in [0.05, 0.1) is 32.1 Å². The maximum atomic E-state index is 8.77. The molecule has 0 amide bonds. The second-order valence-electron chi connectivity index (χ2n) is 3.07. The van der Waals surface area contributed by atoms with Gasteiger partial charge in [0.25, 0.3) is 0 Å². The van der Waals surface area contributed by atoms with Crippen molar-refractivity contribution in [3.05, 3.63) is 30.1 Å². The fourth-order valence-corrected chi connectivity index (χ4v) is 0.977. The van der Waals surface area contributed by atoms with Gasteiger partial charge >= 0.3 is 0 Å². The van der Waals surface area contributed by atoms with Crippen molar-refractivity contribution in [3.63, 3.8) is 0 Å². The molecule has 0 saturated heterocycles. The average molecular weight is 197 g/mol. The fraction of sp³-hybridized carbons (Fsp3) is 0.500. The summed E-state index contributed by atoms with van der Waals surface area (Å²) in [6, 6.07) is 5.60. The highest BCUT2D eigenvalue weighted by atomic mass is 16.5. The van der Waals surface area contributed by atoms with Crippen LogP contribution in [0.1, 0.15) is 5.69 Å². The number of aliphatic hydroxyl groups excluding tert-OH is 2. The van der Waals surface area contributed by atoms with Crippen LogP contribution < -0.4 is 0 Å². The molecule has 0 aromatic carbocycles. The van der Waals surface area contributed by atoms with Crippen LogP contribution in [0.15, 0.2) is 24.4 Å². The van der Waals surface area contributed by atoms with Gasteiger partial charge in [-0.2, -0.15) is 0 Å². The first-order valence-corrected chi connectivity index (χ1v) is 4.56. The SMILES string of the molecule is OCC(CO)COCc1ccccn1. The quantitative estimate of drug-likeness (QED) is 0.683. The van der Waals surface area contributed by atoms with E-state index in [9.17, 15) is 0 Å². The third kappa shape index (κ3) is 3.83. The molecular formula is C10H15NO3. The highest BCUT2D eigenvalue weighted by Gasteiger charge is 2.05. The van der Waals surface area contributed by atoms with Gasteiger partial charge in [-0.1, -0.05) is 6.07 Å². The summed E-state index contributed by atoms with van der Waals surface area (Å²) in [5, 5.41) is 17.5. The van der Waals surface area contributed by atoms with Gasteiger partial charge in [-0.25, -0.2) is 0 Å². The van der Waals surface area contributed by atoms with Crippen LogP contribution in [0.2, 0.25) is 0 Å². The van der Waals surface area contributed by atoms with Crippen molar-refractivity contribution in [2.24, 2.45) is 5.92 Å². The maximum absolute atomic E-state index is 8.77. The second kappa shape index (κ2) is 6.48. The summed E-state index contributed by atoms with van der Waals surface area (Å²) >= 11 is 0. The van der Waals surface area contributed by atoms with Crippen LogP contribution in [0.4, 0.5) is 0 Å². The normalized spacial score (nSPS) is 10.8. The number of aliphatic hydroxyl groups is 2. The topological polar surface area (TPSA) is 62.6 Å². The van der Waals surface area contributed by atoms with E-state index in [0.717, 1.165) is 5.69 Å². The summed E-state index contributed by atoms with van der Waals surface area (Å²) in [7, 11) is 0. The molecule has 0 fully saturated rings. The average Bonchev–Trinajstić information content (AvgIpc) is 2.26. The Balaban J connectivity index is 2.21. The summed E-state index contributed by atoms with van der Waals surface area (Å²) in [6.07, 6.45) is 1.70. The van der Waals surface area contributed by atoms with Crippen molar-refractivity contribution in [1.82, 2.24) is 4.98 Å². The van der Waals surface area contributed by atoms with E-state index in [1.165, 1.54) is 0 Å². The zero-order chi connectivity index (χ0) is 10.2. The van der Waals surface area contributed by atoms with E-state index in [4.69, 9.17) is 14.9 Å². The Kier molecular flexibility index (Phi) is 5.14. The van der Waals surface area contributed by atoms with Crippen LogP contribution in [0.25, 0.3) is 0 Å². The predicted molar refractivity (Wildman–Crippen MR) is 51.6 cm³/mol. The lowest BCUT2D eigenvalue weighted by atomic mass is 10.2. The molecule has 0 aliphatic heterocycles. The van der Waals surface area contributed by atoms with Crippen molar-refractivity contribution in [2.75, 3.05) is 19.8 Å². The zero-order valence-corrected chi connectivity index (χ0v) is 7.97. The number of hydrogen-bond acceptors (Lipinski definition) is 4. The molecule has 1 aromatic rings. The van der Waals surface area contributed by atoms with Gasteiger partial charge in [0.1, 0.15) is 0 Å². The third-order valence-corrected chi connectivity index (χ3v) is 1.85. The molecule has 78 valence electrons. The van der Waals surface area contributed by atoms with Crippen LogP contribution in [0, 0.1) is 5.92 Å². The standard InChI is InChI=1S/C10H15NO3/c12-5-9(6-13)7-14-8-10-3-1-2-4-11-10/h1-4,9,12-13H,5-8H2. The molecule has 0 spiro atoms. The van der Waals surface area contributed by atoms with E-state index in [2.05, 4.69) is 4.98 Å². The minimum absolute atomic E-state index is 0.0568. The monoisotopic (exact) mass is 197 g/mol. The first-order valence-electron chi connectivity index (χ1n) is 4.56. The van der Waals surface area contributed by atoms with Crippen LogP contribution >= 0.6 is 0 Å². The van der Waals surface area contributed by atoms with Crippen molar-refractivity contribution >= 4 is 0 Å². The summed E-state index contributed by atoms with van der Waals surface area (Å²) < 4.78 is 5.28. The Morgan fingerprint density at radius 1 is 1.29 bits per heavy atom. The number of ether oxygens (including phenoxy) is 1. The molecule has 0 saturated carbocycles. The lowest BCUT2D eigenvalue weighted by Crippen LogP contribution is -2.17. The molecule has 1 rings (SSSR count). The number of nitrogens with zero attached hydrogens (tertiary/aromatic N) is 1. The van der Waals surface area contributed by atoms with Crippen molar-refractivity contribution in [3.8, 4) is 0 Å². The molecule has 0 radical (unpaired) electrons. The van der Waals surface area contributed by atoms with Gasteiger partial charge in [0.2, 0.25) is 0 Å².